The molecule has 24 heavy (non-hydrogen) atoms. The van der Waals surface area contributed by atoms with E-state index in [1.165, 1.54) is 16.9 Å². The van der Waals surface area contributed by atoms with Crippen molar-refractivity contribution in [1.29, 1.82) is 0 Å². The zero-order valence-electron chi connectivity index (χ0n) is 13.3. The SMILES string of the molecule is CS(=O)(=O)c1ccccc1-n1cc(NC(=O)C[C@@H]2C=CCC2)cn1. The summed E-state index contributed by atoms with van der Waals surface area (Å²) in [5, 5.41) is 6.98. The maximum atomic E-state index is 12.1. The summed E-state index contributed by atoms with van der Waals surface area (Å²) < 4.78 is 25.2. The van der Waals surface area contributed by atoms with Gasteiger partial charge in [-0.1, -0.05) is 24.3 Å². The third-order valence-electron chi connectivity index (χ3n) is 3.94. The molecule has 1 aromatic carbocycles. The Morgan fingerprint density at radius 3 is 2.88 bits per heavy atom. The lowest BCUT2D eigenvalue weighted by molar-refractivity contribution is -0.116. The van der Waals surface area contributed by atoms with Gasteiger partial charge in [0, 0.05) is 12.7 Å². The van der Waals surface area contributed by atoms with Crippen LogP contribution in [0.3, 0.4) is 0 Å². The van der Waals surface area contributed by atoms with Crippen molar-refractivity contribution in [3.05, 3.63) is 48.8 Å². The number of para-hydroxylation sites is 1. The van der Waals surface area contributed by atoms with Crippen molar-refractivity contribution >= 4 is 21.4 Å². The van der Waals surface area contributed by atoms with Crippen molar-refractivity contribution in [3.63, 3.8) is 0 Å². The van der Waals surface area contributed by atoms with E-state index in [-0.39, 0.29) is 10.8 Å². The zero-order chi connectivity index (χ0) is 17.2. The highest BCUT2D eigenvalue weighted by Gasteiger charge is 2.17. The van der Waals surface area contributed by atoms with Crippen LogP contribution in [0, 0.1) is 5.92 Å². The highest BCUT2D eigenvalue weighted by atomic mass is 32.2. The fraction of sp³-hybridized carbons (Fsp3) is 0.294. The first-order valence-electron chi connectivity index (χ1n) is 7.74. The van der Waals surface area contributed by atoms with Crippen molar-refractivity contribution in [2.24, 2.45) is 5.92 Å². The number of rotatable bonds is 5. The number of nitrogens with zero attached hydrogens (tertiary/aromatic N) is 2. The lowest BCUT2D eigenvalue weighted by atomic mass is 10.1. The molecule has 1 aliphatic carbocycles. The quantitative estimate of drug-likeness (QED) is 0.845. The first-order chi connectivity index (χ1) is 11.4. The van der Waals surface area contributed by atoms with Gasteiger partial charge in [0.05, 0.1) is 28.7 Å². The molecule has 0 bridgehead atoms. The second kappa shape index (κ2) is 6.60. The lowest BCUT2D eigenvalue weighted by Crippen LogP contribution is -2.14. The fourth-order valence-electron chi connectivity index (χ4n) is 2.79. The Bertz CT molecular complexity index is 884. The summed E-state index contributed by atoms with van der Waals surface area (Å²) in [6, 6.07) is 6.63. The molecule has 1 amide bonds. The van der Waals surface area contributed by atoms with E-state index < -0.39 is 9.84 Å². The van der Waals surface area contributed by atoms with Crippen LogP contribution >= 0.6 is 0 Å². The maximum Gasteiger partial charge on any atom is 0.225 e. The predicted molar refractivity (Wildman–Crippen MR) is 91.8 cm³/mol. The van der Waals surface area contributed by atoms with Gasteiger partial charge in [-0.15, -0.1) is 0 Å². The first kappa shape index (κ1) is 16.4. The second-order valence-corrected chi connectivity index (χ2v) is 7.92. The van der Waals surface area contributed by atoms with Crippen LogP contribution in [-0.4, -0.2) is 30.4 Å². The zero-order valence-corrected chi connectivity index (χ0v) is 14.2. The average molecular weight is 345 g/mol. The molecule has 0 fully saturated rings. The van der Waals surface area contributed by atoms with E-state index in [1.54, 1.807) is 24.4 Å². The van der Waals surface area contributed by atoms with Crippen LogP contribution in [-0.2, 0) is 14.6 Å². The van der Waals surface area contributed by atoms with Crippen LogP contribution in [0.4, 0.5) is 5.69 Å². The molecule has 0 saturated carbocycles. The van der Waals surface area contributed by atoms with Crippen molar-refractivity contribution in [1.82, 2.24) is 9.78 Å². The third kappa shape index (κ3) is 3.73. The minimum absolute atomic E-state index is 0.0671. The van der Waals surface area contributed by atoms with Crippen molar-refractivity contribution in [2.45, 2.75) is 24.2 Å². The number of amides is 1. The second-order valence-electron chi connectivity index (χ2n) is 5.93. The van der Waals surface area contributed by atoms with E-state index in [4.69, 9.17) is 0 Å². The van der Waals surface area contributed by atoms with E-state index in [0.29, 0.717) is 23.7 Å². The summed E-state index contributed by atoms with van der Waals surface area (Å²) in [5.74, 6) is 0.230. The van der Waals surface area contributed by atoms with Crippen LogP contribution in [0.15, 0.2) is 53.7 Å². The highest BCUT2D eigenvalue weighted by Crippen LogP contribution is 2.22. The maximum absolute atomic E-state index is 12.1. The normalized spacial score (nSPS) is 17.1. The third-order valence-corrected chi connectivity index (χ3v) is 5.08. The van der Waals surface area contributed by atoms with Gasteiger partial charge in [0.1, 0.15) is 0 Å². The molecular formula is C17H19N3O3S. The molecule has 2 aromatic rings. The van der Waals surface area contributed by atoms with Crippen molar-refractivity contribution < 1.29 is 13.2 Å². The predicted octanol–water partition coefficient (Wildman–Crippen LogP) is 2.57. The Kier molecular flexibility index (Phi) is 4.53. The molecule has 7 heteroatoms. The molecule has 126 valence electrons. The number of nitrogens with one attached hydrogen (secondary N) is 1. The number of carbonyl (C=O) groups is 1. The minimum atomic E-state index is -3.37. The van der Waals surface area contributed by atoms with Crippen LogP contribution < -0.4 is 5.32 Å². The van der Waals surface area contributed by atoms with Crippen LogP contribution in [0.25, 0.3) is 5.69 Å². The van der Waals surface area contributed by atoms with E-state index in [9.17, 15) is 13.2 Å². The summed E-state index contributed by atoms with van der Waals surface area (Å²) in [7, 11) is -3.37. The Balaban J connectivity index is 1.76. The van der Waals surface area contributed by atoms with Gasteiger partial charge < -0.3 is 5.32 Å². The van der Waals surface area contributed by atoms with E-state index >= 15 is 0 Å². The molecule has 0 unspecified atom stereocenters. The number of aromatic nitrogens is 2. The summed E-state index contributed by atoms with van der Waals surface area (Å²) in [4.78, 5) is 12.3. The number of hydrogen-bond donors (Lipinski definition) is 1. The molecule has 1 atom stereocenters. The number of benzene rings is 1. The molecule has 1 heterocycles. The van der Waals surface area contributed by atoms with Gasteiger partial charge in [-0.2, -0.15) is 5.10 Å². The van der Waals surface area contributed by atoms with Gasteiger partial charge in [0.15, 0.2) is 9.84 Å². The average Bonchev–Trinajstić information content (AvgIpc) is 3.18. The van der Waals surface area contributed by atoms with Crippen LogP contribution in [0.1, 0.15) is 19.3 Å². The van der Waals surface area contributed by atoms with Gasteiger partial charge >= 0.3 is 0 Å². The molecule has 0 radical (unpaired) electrons. The van der Waals surface area contributed by atoms with E-state index in [1.807, 2.05) is 0 Å². The van der Waals surface area contributed by atoms with Gasteiger partial charge in [0.2, 0.25) is 5.91 Å². The first-order valence-corrected chi connectivity index (χ1v) is 9.63. The monoisotopic (exact) mass is 345 g/mol. The van der Waals surface area contributed by atoms with E-state index in [0.717, 1.165) is 19.1 Å². The number of allylic oxidation sites excluding steroid dienone is 2. The van der Waals surface area contributed by atoms with Crippen LogP contribution in [0.2, 0.25) is 0 Å². The van der Waals surface area contributed by atoms with Gasteiger partial charge in [-0.05, 0) is 30.9 Å². The molecule has 1 N–H and O–H groups in total. The standard InChI is InChI=1S/C17H19N3O3S/c1-24(22,23)16-9-5-4-8-15(16)20-12-14(11-18-20)19-17(21)10-13-6-2-3-7-13/h2,4-6,8-9,11-13H,3,7,10H2,1H3,(H,19,21)/t13-/m1/s1. The molecule has 6 nitrogen and oxygen atoms in total. The topological polar surface area (TPSA) is 81.1 Å². The summed E-state index contributed by atoms with van der Waals surface area (Å²) in [6.07, 6.45) is 10.9. The molecule has 3 rings (SSSR count). The molecule has 1 aliphatic rings. The smallest absolute Gasteiger partial charge is 0.225 e. The number of hydrogen-bond acceptors (Lipinski definition) is 4. The molecule has 1 aromatic heterocycles. The number of sulfone groups is 1. The Hall–Kier alpha value is -2.41. The molecule has 0 spiro atoms. The van der Waals surface area contributed by atoms with Gasteiger partial charge in [0.25, 0.3) is 0 Å². The van der Waals surface area contributed by atoms with E-state index in [2.05, 4.69) is 22.6 Å². The molecule has 0 aliphatic heterocycles. The molecule has 0 saturated heterocycles. The summed E-state index contributed by atoms with van der Waals surface area (Å²) in [5.41, 5.74) is 1.00. The summed E-state index contributed by atoms with van der Waals surface area (Å²) >= 11 is 0. The Labute approximate surface area is 141 Å². The fourth-order valence-corrected chi connectivity index (χ4v) is 3.66. The van der Waals surface area contributed by atoms with Gasteiger partial charge in [-0.3, -0.25) is 4.79 Å². The minimum Gasteiger partial charge on any atom is -0.323 e. The highest BCUT2D eigenvalue weighted by molar-refractivity contribution is 7.90. The Morgan fingerprint density at radius 2 is 2.17 bits per heavy atom. The van der Waals surface area contributed by atoms with Crippen molar-refractivity contribution in [3.8, 4) is 5.69 Å². The molecular weight excluding hydrogens is 326 g/mol. The number of anilines is 1. The van der Waals surface area contributed by atoms with Gasteiger partial charge in [-0.25, -0.2) is 13.1 Å². The lowest BCUT2D eigenvalue weighted by Gasteiger charge is -2.08. The van der Waals surface area contributed by atoms with Crippen molar-refractivity contribution in [2.75, 3.05) is 11.6 Å². The summed E-state index contributed by atoms with van der Waals surface area (Å²) in [6.45, 7) is 0. The Morgan fingerprint density at radius 1 is 1.38 bits per heavy atom. The number of carbonyl (C=O) groups excluding carboxylic acids is 1. The largest absolute Gasteiger partial charge is 0.323 e. The van der Waals surface area contributed by atoms with Crippen LogP contribution in [0.5, 0.6) is 0 Å².